The maximum absolute atomic E-state index is 12.2. The summed E-state index contributed by atoms with van der Waals surface area (Å²) in [6, 6.07) is 17.0. The van der Waals surface area contributed by atoms with Crippen LogP contribution in [0.25, 0.3) is 0 Å². The van der Waals surface area contributed by atoms with Gasteiger partial charge in [-0.3, -0.25) is 9.69 Å². The quantitative estimate of drug-likeness (QED) is 0.812. The van der Waals surface area contributed by atoms with Gasteiger partial charge in [0.1, 0.15) is 0 Å². The van der Waals surface area contributed by atoms with Crippen molar-refractivity contribution >= 4 is 11.6 Å². The fourth-order valence-electron chi connectivity index (χ4n) is 3.64. The van der Waals surface area contributed by atoms with Gasteiger partial charge in [-0.05, 0) is 62.1 Å². The second kappa shape index (κ2) is 9.56. The number of aryl methyl sites for hydroxylation is 1. The Balaban J connectivity index is 1.45. The minimum atomic E-state index is 0.0608. The largest absolute Gasteiger partial charge is 0.372 e. The van der Waals surface area contributed by atoms with Gasteiger partial charge >= 0.3 is 0 Å². The molecular formula is C23H31N3O. The molecule has 1 aliphatic heterocycles. The summed E-state index contributed by atoms with van der Waals surface area (Å²) < 4.78 is 0. The zero-order valence-corrected chi connectivity index (χ0v) is 16.6. The Labute approximate surface area is 163 Å². The average molecular weight is 366 g/mol. The molecule has 2 aromatic carbocycles. The van der Waals surface area contributed by atoms with Gasteiger partial charge in [0.2, 0.25) is 5.91 Å². The molecule has 1 aliphatic rings. The lowest BCUT2D eigenvalue weighted by atomic mass is 10.1. The van der Waals surface area contributed by atoms with Crippen LogP contribution in [0.15, 0.2) is 48.5 Å². The zero-order chi connectivity index (χ0) is 19.1. The fourth-order valence-corrected chi connectivity index (χ4v) is 3.64. The number of benzene rings is 2. The van der Waals surface area contributed by atoms with E-state index in [1.807, 2.05) is 19.2 Å². The van der Waals surface area contributed by atoms with Gasteiger partial charge in [-0.2, -0.15) is 0 Å². The van der Waals surface area contributed by atoms with E-state index in [0.29, 0.717) is 13.1 Å². The summed E-state index contributed by atoms with van der Waals surface area (Å²) in [4.78, 5) is 16.8. The van der Waals surface area contributed by atoms with Crippen LogP contribution in [0.1, 0.15) is 36.0 Å². The van der Waals surface area contributed by atoms with Crippen LogP contribution in [0.3, 0.4) is 0 Å². The predicted octanol–water partition coefficient (Wildman–Crippen LogP) is 3.73. The molecule has 1 fully saturated rings. The van der Waals surface area contributed by atoms with Crippen LogP contribution >= 0.6 is 0 Å². The number of nitrogens with zero attached hydrogens (tertiary/aromatic N) is 2. The molecule has 0 atom stereocenters. The molecule has 27 heavy (non-hydrogen) atoms. The van der Waals surface area contributed by atoms with E-state index in [1.165, 1.54) is 54.7 Å². The molecule has 0 bridgehead atoms. The van der Waals surface area contributed by atoms with Gasteiger partial charge in [0.25, 0.3) is 0 Å². The third-order valence-electron chi connectivity index (χ3n) is 5.26. The van der Waals surface area contributed by atoms with E-state index in [0.717, 1.165) is 6.54 Å². The standard InChI is InChI=1S/C23H31N3O/c1-19-8-4-5-9-21(19)16-24-23(27)18-25(2)17-20-10-12-22(13-11-20)26-14-6-3-7-15-26/h4-5,8-13H,3,6-7,14-18H2,1-2H3,(H,24,27). The van der Waals surface area contributed by atoms with Crippen LogP contribution in [0.5, 0.6) is 0 Å². The molecule has 3 rings (SSSR count). The van der Waals surface area contributed by atoms with E-state index in [1.54, 1.807) is 0 Å². The van der Waals surface area contributed by atoms with E-state index in [9.17, 15) is 4.79 Å². The van der Waals surface area contributed by atoms with Crippen molar-refractivity contribution in [2.75, 3.05) is 31.6 Å². The molecule has 1 amide bonds. The van der Waals surface area contributed by atoms with Crippen LogP contribution in [0.2, 0.25) is 0 Å². The zero-order valence-electron chi connectivity index (χ0n) is 16.6. The molecule has 144 valence electrons. The topological polar surface area (TPSA) is 35.6 Å². The number of anilines is 1. The molecule has 0 spiro atoms. The Kier molecular flexibility index (Phi) is 6.88. The first-order valence-electron chi connectivity index (χ1n) is 9.95. The SMILES string of the molecule is Cc1ccccc1CNC(=O)CN(C)Cc1ccc(N2CCCCC2)cc1. The van der Waals surface area contributed by atoms with Crippen molar-refractivity contribution in [1.82, 2.24) is 10.2 Å². The second-order valence-electron chi connectivity index (χ2n) is 7.59. The lowest BCUT2D eigenvalue weighted by molar-refractivity contribution is -0.122. The van der Waals surface area contributed by atoms with E-state index >= 15 is 0 Å². The van der Waals surface area contributed by atoms with Gasteiger partial charge in [0.05, 0.1) is 6.54 Å². The fraction of sp³-hybridized carbons (Fsp3) is 0.435. The van der Waals surface area contributed by atoms with Crippen molar-refractivity contribution in [3.63, 3.8) is 0 Å². The number of likely N-dealkylation sites (N-methyl/N-ethyl adjacent to an activating group) is 1. The number of piperidine rings is 1. The van der Waals surface area contributed by atoms with Gasteiger partial charge < -0.3 is 10.2 Å². The van der Waals surface area contributed by atoms with Gasteiger partial charge in [-0.25, -0.2) is 0 Å². The average Bonchev–Trinajstić information content (AvgIpc) is 2.68. The molecule has 0 unspecified atom stereocenters. The minimum Gasteiger partial charge on any atom is -0.372 e. The highest BCUT2D eigenvalue weighted by Crippen LogP contribution is 2.20. The molecule has 0 aliphatic carbocycles. The van der Waals surface area contributed by atoms with Crippen molar-refractivity contribution in [1.29, 1.82) is 0 Å². The maximum atomic E-state index is 12.2. The first kappa shape index (κ1) is 19.4. The van der Waals surface area contributed by atoms with E-state index in [2.05, 4.69) is 58.4 Å². The monoisotopic (exact) mass is 365 g/mol. The van der Waals surface area contributed by atoms with Gasteiger partial charge in [-0.15, -0.1) is 0 Å². The molecule has 2 aromatic rings. The Hall–Kier alpha value is -2.33. The first-order valence-corrected chi connectivity index (χ1v) is 9.95. The summed E-state index contributed by atoms with van der Waals surface area (Å²) in [7, 11) is 1.99. The van der Waals surface area contributed by atoms with Crippen molar-refractivity contribution in [3.8, 4) is 0 Å². The highest BCUT2D eigenvalue weighted by molar-refractivity contribution is 5.78. The second-order valence-corrected chi connectivity index (χ2v) is 7.59. The van der Waals surface area contributed by atoms with Crippen molar-refractivity contribution in [2.24, 2.45) is 0 Å². The Morgan fingerprint density at radius 1 is 1.04 bits per heavy atom. The number of amides is 1. The molecule has 1 heterocycles. The van der Waals surface area contributed by atoms with E-state index in [-0.39, 0.29) is 5.91 Å². The van der Waals surface area contributed by atoms with Gasteiger partial charge in [0.15, 0.2) is 0 Å². The summed E-state index contributed by atoms with van der Waals surface area (Å²) in [5, 5.41) is 3.02. The van der Waals surface area contributed by atoms with E-state index in [4.69, 9.17) is 0 Å². The van der Waals surface area contributed by atoms with E-state index < -0.39 is 0 Å². The molecule has 1 saturated heterocycles. The summed E-state index contributed by atoms with van der Waals surface area (Å²) in [5.41, 5.74) is 4.93. The maximum Gasteiger partial charge on any atom is 0.234 e. The summed E-state index contributed by atoms with van der Waals surface area (Å²) in [6.45, 7) is 6.17. The number of carbonyl (C=O) groups excluding carboxylic acids is 1. The predicted molar refractivity (Wildman–Crippen MR) is 112 cm³/mol. The van der Waals surface area contributed by atoms with Crippen molar-refractivity contribution in [2.45, 2.75) is 39.3 Å². The first-order chi connectivity index (χ1) is 13.1. The molecule has 4 nitrogen and oxygen atoms in total. The highest BCUT2D eigenvalue weighted by atomic mass is 16.2. The van der Waals surface area contributed by atoms with Crippen molar-refractivity contribution < 1.29 is 4.79 Å². The van der Waals surface area contributed by atoms with Crippen LogP contribution < -0.4 is 10.2 Å². The number of nitrogens with one attached hydrogen (secondary N) is 1. The van der Waals surface area contributed by atoms with Crippen LogP contribution in [-0.2, 0) is 17.9 Å². The third kappa shape index (κ3) is 5.83. The molecule has 4 heteroatoms. The van der Waals surface area contributed by atoms with Crippen molar-refractivity contribution in [3.05, 3.63) is 65.2 Å². The summed E-state index contributed by atoms with van der Waals surface area (Å²) in [6.07, 6.45) is 3.94. The number of hydrogen-bond donors (Lipinski definition) is 1. The number of hydrogen-bond acceptors (Lipinski definition) is 3. The Morgan fingerprint density at radius 3 is 2.44 bits per heavy atom. The Bertz CT molecular complexity index is 736. The molecule has 1 N–H and O–H groups in total. The molecule has 0 radical (unpaired) electrons. The molecule has 0 saturated carbocycles. The van der Waals surface area contributed by atoms with Gasteiger partial charge in [0, 0.05) is 31.9 Å². The number of rotatable bonds is 7. The summed E-state index contributed by atoms with van der Waals surface area (Å²) >= 11 is 0. The van der Waals surface area contributed by atoms with Gasteiger partial charge in [-0.1, -0.05) is 36.4 Å². The third-order valence-corrected chi connectivity index (χ3v) is 5.26. The molecular weight excluding hydrogens is 334 g/mol. The smallest absolute Gasteiger partial charge is 0.234 e. The number of carbonyl (C=O) groups is 1. The normalized spacial score (nSPS) is 14.4. The minimum absolute atomic E-state index is 0.0608. The highest BCUT2D eigenvalue weighted by Gasteiger charge is 2.11. The van der Waals surface area contributed by atoms with Crippen LogP contribution in [-0.4, -0.2) is 37.5 Å². The van der Waals surface area contributed by atoms with Crippen LogP contribution in [0, 0.1) is 6.92 Å². The Morgan fingerprint density at radius 2 is 1.74 bits per heavy atom. The lowest BCUT2D eigenvalue weighted by Gasteiger charge is -2.29. The lowest BCUT2D eigenvalue weighted by Crippen LogP contribution is -2.34. The van der Waals surface area contributed by atoms with Crippen LogP contribution in [0.4, 0.5) is 5.69 Å². The molecule has 0 aromatic heterocycles. The summed E-state index contributed by atoms with van der Waals surface area (Å²) in [5.74, 6) is 0.0608.